The minimum Gasteiger partial charge on any atom is -0.506 e. The van der Waals surface area contributed by atoms with E-state index in [9.17, 15) is 34.8 Å². The van der Waals surface area contributed by atoms with Crippen molar-refractivity contribution in [2.45, 2.75) is 57.8 Å². The molecule has 6 N–H and O–H groups in total. The number of benzene rings is 2. The maximum absolute atomic E-state index is 12.5. The molecule has 0 aromatic heterocycles. The van der Waals surface area contributed by atoms with Gasteiger partial charge in [-0.05, 0) is 55.3 Å². The van der Waals surface area contributed by atoms with Gasteiger partial charge in [-0.2, -0.15) is 5.11 Å². The lowest BCUT2D eigenvalue weighted by molar-refractivity contribution is -0.272. The summed E-state index contributed by atoms with van der Waals surface area (Å²) in [5.74, 6) is -0.830. The molecule has 3 rings (SSSR count). The largest absolute Gasteiger partial charge is 0.506 e. The number of carbonyl (C=O) groups excluding carboxylic acids is 3. The molecule has 2 aromatic rings. The van der Waals surface area contributed by atoms with Crippen LogP contribution in [0, 0.1) is 5.92 Å². The average molecular weight is 661 g/mol. The molecule has 2 amide bonds. The number of aliphatic hydroxyl groups excluding tert-OH is 3. The summed E-state index contributed by atoms with van der Waals surface area (Å²) in [5.41, 5.74) is 2.05. The van der Waals surface area contributed by atoms with Crippen LogP contribution in [0.1, 0.15) is 36.7 Å². The number of aliphatic hydroxyl groups is 3. The van der Waals surface area contributed by atoms with Gasteiger partial charge in [0, 0.05) is 24.9 Å². The first-order chi connectivity index (χ1) is 22.5. The number of hydrogen-bond donors (Lipinski definition) is 6. The van der Waals surface area contributed by atoms with Crippen LogP contribution in [-0.2, 0) is 35.0 Å². The summed E-state index contributed by atoms with van der Waals surface area (Å²) in [7, 11) is 0. The highest BCUT2D eigenvalue weighted by Crippen LogP contribution is 2.30. The molecule has 6 atom stereocenters. The maximum atomic E-state index is 12.5. The molecule has 1 aliphatic rings. The molecular formula is C32H44N4O11. The number of aromatic hydroxyl groups is 1. The third-order valence-corrected chi connectivity index (χ3v) is 7.34. The Labute approximate surface area is 272 Å². The van der Waals surface area contributed by atoms with Crippen molar-refractivity contribution in [3.8, 4) is 5.75 Å². The van der Waals surface area contributed by atoms with Crippen molar-refractivity contribution in [2.75, 3.05) is 46.2 Å². The Balaban J connectivity index is 1.31. The number of hydrogen-bond acceptors (Lipinski definition) is 13. The fourth-order valence-corrected chi connectivity index (χ4v) is 4.56. The first-order valence-electron chi connectivity index (χ1n) is 15.3. The van der Waals surface area contributed by atoms with E-state index >= 15 is 0 Å². The quantitative estimate of drug-likeness (QED) is 0.0989. The van der Waals surface area contributed by atoms with Gasteiger partial charge in [0.15, 0.2) is 6.29 Å². The van der Waals surface area contributed by atoms with Gasteiger partial charge in [-0.1, -0.05) is 13.0 Å². The zero-order valence-corrected chi connectivity index (χ0v) is 26.7. The number of phenolic OH excluding ortho intramolecular Hbond substituents is 1. The smallest absolute Gasteiger partial charge is 0.251 e. The molecule has 2 aromatic carbocycles. The Kier molecular flexibility index (Phi) is 15.3. The molecule has 1 heterocycles. The predicted octanol–water partition coefficient (Wildman–Crippen LogP) is 1.30. The van der Waals surface area contributed by atoms with Gasteiger partial charge in [0.05, 0.1) is 45.3 Å². The number of ether oxygens (including phenoxy) is 4. The highest BCUT2D eigenvalue weighted by atomic mass is 16.7. The van der Waals surface area contributed by atoms with E-state index in [-0.39, 0.29) is 68.6 Å². The van der Waals surface area contributed by atoms with Crippen molar-refractivity contribution in [1.82, 2.24) is 10.6 Å². The van der Waals surface area contributed by atoms with Crippen LogP contribution in [0.15, 0.2) is 52.7 Å². The van der Waals surface area contributed by atoms with Crippen LogP contribution in [0.25, 0.3) is 0 Å². The molecule has 0 radical (unpaired) electrons. The summed E-state index contributed by atoms with van der Waals surface area (Å²) in [6.45, 7) is 5.34. The fraction of sp³-hybridized carbons (Fsp3) is 0.531. The molecule has 47 heavy (non-hydrogen) atoms. The lowest BCUT2D eigenvalue weighted by Crippen LogP contribution is -2.64. The van der Waals surface area contributed by atoms with Crippen molar-refractivity contribution in [3.05, 3.63) is 53.6 Å². The van der Waals surface area contributed by atoms with E-state index in [0.717, 1.165) is 5.56 Å². The van der Waals surface area contributed by atoms with E-state index in [1.165, 1.54) is 13.0 Å². The Morgan fingerprint density at radius 1 is 0.936 bits per heavy atom. The topological polar surface area (TPSA) is 218 Å². The number of Topliss-reactive ketones (excluding diaryl/α,β-unsaturated/α-hetero) is 1. The van der Waals surface area contributed by atoms with E-state index in [4.69, 9.17) is 18.9 Å². The highest BCUT2D eigenvalue weighted by molar-refractivity contribution is 5.94. The van der Waals surface area contributed by atoms with Gasteiger partial charge in [-0.3, -0.25) is 14.4 Å². The van der Waals surface area contributed by atoms with Crippen LogP contribution in [-0.4, -0.2) is 115 Å². The van der Waals surface area contributed by atoms with Crippen molar-refractivity contribution in [2.24, 2.45) is 16.1 Å². The number of nitrogens with one attached hydrogen (secondary N) is 2. The molecule has 1 fully saturated rings. The molecule has 1 saturated heterocycles. The molecular weight excluding hydrogens is 616 g/mol. The predicted molar refractivity (Wildman–Crippen MR) is 168 cm³/mol. The van der Waals surface area contributed by atoms with Crippen LogP contribution in [0.3, 0.4) is 0 Å². The van der Waals surface area contributed by atoms with Crippen molar-refractivity contribution >= 4 is 29.0 Å². The molecule has 0 saturated carbocycles. The first-order valence-corrected chi connectivity index (χ1v) is 15.3. The number of azo groups is 1. The molecule has 0 bridgehead atoms. The summed E-state index contributed by atoms with van der Waals surface area (Å²) in [5, 5.41) is 53.3. The minimum absolute atomic E-state index is 0.0317. The van der Waals surface area contributed by atoms with Crippen LogP contribution < -0.4 is 10.6 Å². The molecule has 4 unspecified atom stereocenters. The zero-order chi connectivity index (χ0) is 34.3. The molecule has 15 nitrogen and oxygen atoms in total. The maximum Gasteiger partial charge on any atom is 0.251 e. The summed E-state index contributed by atoms with van der Waals surface area (Å²) in [4.78, 5) is 35.5. The van der Waals surface area contributed by atoms with Crippen LogP contribution >= 0.6 is 0 Å². The lowest BCUT2D eigenvalue weighted by atomic mass is 9.97. The average Bonchev–Trinajstić information content (AvgIpc) is 3.05. The third kappa shape index (κ3) is 12.0. The second-order valence-corrected chi connectivity index (χ2v) is 11.1. The molecule has 0 aliphatic carbocycles. The van der Waals surface area contributed by atoms with Gasteiger partial charge in [0.25, 0.3) is 5.91 Å². The minimum atomic E-state index is -1.39. The Morgan fingerprint density at radius 3 is 2.28 bits per heavy atom. The van der Waals surface area contributed by atoms with Crippen LogP contribution in [0.2, 0.25) is 0 Å². The molecule has 258 valence electrons. The van der Waals surface area contributed by atoms with E-state index in [0.29, 0.717) is 17.7 Å². The van der Waals surface area contributed by atoms with Gasteiger partial charge in [0.1, 0.15) is 41.6 Å². The Hall–Kier alpha value is -3.83. The van der Waals surface area contributed by atoms with E-state index in [2.05, 4.69) is 20.9 Å². The summed E-state index contributed by atoms with van der Waals surface area (Å²) in [6, 6.07) is 10.4. The van der Waals surface area contributed by atoms with E-state index in [1.54, 1.807) is 43.3 Å². The first kappa shape index (κ1) is 37.6. The molecule has 0 spiro atoms. The standard InChI is InChI=1S/C32H44N4O11/c1-19(20(2)38)16-22-4-9-26(40)25(17-22)36-35-24-7-5-23(6-8-24)31(43)33-10-11-44-12-13-45-14-15-46-32-28(34-21(3)39)30(42)29(41)27(18-37)47-32/h4-9,17,19,27-30,32,37,40-42H,10-16,18H2,1-3H3,(H,33,43)(H,34,39)/t19?,27?,28?,29-,30?,32+/m0/s1. The summed E-state index contributed by atoms with van der Waals surface area (Å²) < 4.78 is 22.0. The van der Waals surface area contributed by atoms with Crippen molar-refractivity contribution in [3.63, 3.8) is 0 Å². The highest BCUT2D eigenvalue weighted by Gasteiger charge is 2.45. The normalized spacial score (nSPS) is 21.8. The van der Waals surface area contributed by atoms with Crippen molar-refractivity contribution in [1.29, 1.82) is 0 Å². The summed E-state index contributed by atoms with van der Waals surface area (Å²) in [6.07, 6.45) is -4.40. The Morgan fingerprint density at radius 2 is 1.62 bits per heavy atom. The van der Waals surface area contributed by atoms with Gasteiger partial charge in [-0.15, -0.1) is 5.11 Å². The number of ketones is 1. The lowest BCUT2D eigenvalue weighted by Gasteiger charge is -2.42. The van der Waals surface area contributed by atoms with Gasteiger partial charge in [-0.25, -0.2) is 0 Å². The van der Waals surface area contributed by atoms with Crippen molar-refractivity contribution < 1.29 is 53.8 Å². The zero-order valence-electron chi connectivity index (χ0n) is 26.7. The fourth-order valence-electron chi connectivity index (χ4n) is 4.56. The van der Waals surface area contributed by atoms with Gasteiger partial charge >= 0.3 is 0 Å². The van der Waals surface area contributed by atoms with E-state index in [1.807, 2.05) is 6.92 Å². The second kappa shape index (κ2) is 19.1. The molecule has 1 aliphatic heterocycles. The van der Waals surface area contributed by atoms with E-state index < -0.39 is 43.2 Å². The number of nitrogens with zero attached hydrogens (tertiary/aromatic N) is 2. The third-order valence-electron chi connectivity index (χ3n) is 7.34. The second-order valence-electron chi connectivity index (χ2n) is 11.1. The number of carbonyl (C=O) groups is 3. The van der Waals surface area contributed by atoms with Gasteiger partial charge in [0.2, 0.25) is 5.91 Å². The van der Waals surface area contributed by atoms with Crippen LogP contribution in [0.5, 0.6) is 5.75 Å². The van der Waals surface area contributed by atoms with Crippen LogP contribution in [0.4, 0.5) is 11.4 Å². The Bertz CT molecular complexity index is 1340. The monoisotopic (exact) mass is 660 g/mol. The number of phenols is 1. The SMILES string of the molecule is CC(=O)NC1C(O)[C@@H](O)C(CO)O[C@H]1OCCOCCOCCNC(=O)c1ccc(N=Nc2cc(CC(C)C(C)=O)ccc2O)cc1. The number of amides is 2. The van der Waals surface area contributed by atoms with Gasteiger partial charge < -0.3 is 50.0 Å². The number of rotatable bonds is 18. The summed E-state index contributed by atoms with van der Waals surface area (Å²) >= 11 is 0. The molecule has 15 heteroatoms.